The Hall–Kier alpha value is 0.137. The summed E-state index contributed by atoms with van der Waals surface area (Å²) in [5.74, 6) is 0. The Kier molecular flexibility index (Phi) is 10.3. The minimum atomic E-state index is -2.61. The number of unbranched alkanes of at least 4 members (excludes halogenated alkanes) is 3. The van der Waals surface area contributed by atoms with E-state index in [-0.39, 0.29) is 0 Å². The summed E-state index contributed by atoms with van der Waals surface area (Å²) in [4.78, 5) is 16.4. The molecule has 0 unspecified atom stereocenters. The number of hydrogen-bond donors (Lipinski definition) is 2. The van der Waals surface area contributed by atoms with Gasteiger partial charge in [0.05, 0.1) is 0 Å². The number of rotatable bonds is 3. The minimum Gasteiger partial charge on any atom is -0.411 e. The third-order valence-electron chi connectivity index (χ3n) is 0.957. The van der Waals surface area contributed by atoms with E-state index in [1.54, 1.807) is 0 Å². The van der Waals surface area contributed by atoms with Crippen LogP contribution in [0.4, 0.5) is 0 Å². The van der Waals surface area contributed by atoms with Gasteiger partial charge < -0.3 is 9.59 Å². The lowest BCUT2D eigenvalue weighted by molar-refractivity contribution is 0.382. The molecule has 0 atom stereocenters. The molecule has 0 radical (unpaired) electrons. The van der Waals surface area contributed by atoms with Crippen LogP contribution in [-0.2, 0) is 0 Å². The fourth-order valence-corrected chi connectivity index (χ4v) is 0.500. The number of hydrogen-bond acceptors (Lipinski definition) is 2. The Labute approximate surface area is 71.5 Å². The monoisotopic (exact) mass is 178 g/mol. The van der Waals surface area contributed by atoms with Crippen LogP contribution in [-0.4, -0.2) is 18.2 Å². The van der Waals surface area contributed by atoms with Crippen molar-refractivity contribution in [1.29, 1.82) is 0 Å². The highest BCUT2D eigenvalue weighted by molar-refractivity contribution is 6.61. The van der Waals surface area contributed by atoms with Gasteiger partial charge in [0.1, 0.15) is 0 Å². The first-order valence-electron chi connectivity index (χ1n) is 4.36. The van der Waals surface area contributed by atoms with Crippen molar-refractivity contribution in [2.45, 2.75) is 52.6 Å². The molecule has 0 saturated heterocycles. The van der Waals surface area contributed by atoms with E-state index in [0.717, 1.165) is 0 Å². The van der Waals surface area contributed by atoms with Crippen LogP contribution in [0.5, 0.6) is 0 Å². The van der Waals surface area contributed by atoms with E-state index in [0.29, 0.717) is 0 Å². The summed E-state index contributed by atoms with van der Waals surface area (Å²) in [5, 5.41) is 0. The molecular weight excluding hydrogens is 156 g/mol. The third-order valence-corrected chi connectivity index (χ3v) is 0.957. The molecule has 11 heavy (non-hydrogen) atoms. The largest absolute Gasteiger partial charge is 0.411 e. The van der Waals surface area contributed by atoms with E-state index in [9.17, 15) is 0 Å². The van der Waals surface area contributed by atoms with Gasteiger partial charge in [-0.3, -0.25) is 0 Å². The minimum absolute atomic E-state index is 1.36. The van der Waals surface area contributed by atoms with Crippen molar-refractivity contribution in [1.82, 2.24) is 0 Å². The molecule has 0 aliphatic rings. The molecule has 0 spiro atoms. The van der Waals surface area contributed by atoms with Gasteiger partial charge in [0.25, 0.3) is 0 Å². The van der Waals surface area contributed by atoms with E-state index in [1.165, 1.54) is 38.8 Å². The Morgan fingerprint density at radius 1 is 0.909 bits per heavy atom. The van der Waals surface area contributed by atoms with Gasteiger partial charge in [-0.2, -0.15) is 0 Å². The van der Waals surface area contributed by atoms with Gasteiger partial charge >= 0.3 is 8.56 Å². The second-order valence-electron chi connectivity index (χ2n) is 3.20. The van der Waals surface area contributed by atoms with Crippen molar-refractivity contribution in [3.8, 4) is 0 Å². The lowest BCUT2D eigenvalue weighted by atomic mass is 10.2. The van der Waals surface area contributed by atoms with Crippen molar-refractivity contribution in [2.75, 3.05) is 0 Å². The van der Waals surface area contributed by atoms with Crippen molar-refractivity contribution in [3.63, 3.8) is 0 Å². The van der Waals surface area contributed by atoms with Crippen LogP contribution < -0.4 is 0 Å². The first-order chi connectivity index (χ1) is 4.91. The second-order valence-corrected chi connectivity index (χ2v) is 6.19. The summed E-state index contributed by atoms with van der Waals surface area (Å²) in [6.07, 6.45) is 5.54. The van der Waals surface area contributed by atoms with Crippen LogP contribution in [0.1, 0.15) is 39.5 Å². The Balaban J connectivity index is 0. The zero-order valence-corrected chi connectivity index (χ0v) is 9.22. The zero-order valence-electron chi connectivity index (χ0n) is 8.22. The maximum Gasteiger partial charge on any atom is 0.326 e. The van der Waals surface area contributed by atoms with Gasteiger partial charge in [0.15, 0.2) is 0 Å². The van der Waals surface area contributed by atoms with E-state index in [2.05, 4.69) is 13.8 Å². The summed E-state index contributed by atoms with van der Waals surface area (Å²) < 4.78 is 0. The van der Waals surface area contributed by atoms with E-state index < -0.39 is 8.56 Å². The van der Waals surface area contributed by atoms with Crippen LogP contribution in [0.3, 0.4) is 0 Å². The first-order valence-corrected chi connectivity index (χ1v) is 7.26. The predicted molar refractivity (Wildman–Crippen MR) is 51.7 cm³/mol. The molecule has 0 bridgehead atoms. The molecule has 2 N–H and O–H groups in total. The smallest absolute Gasteiger partial charge is 0.326 e. The molecule has 0 rings (SSSR count). The van der Waals surface area contributed by atoms with Gasteiger partial charge in [-0.25, -0.2) is 0 Å². The first kappa shape index (κ1) is 13.7. The molecule has 0 aromatic heterocycles. The third kappa shape index (κ3) is 68.2. The van der Waals surface area contributed by atoms with E-state index >= 15 is 0 Å². The molecule has 0 aromatic carbocycles. The Morgan fingerprint density at radius 2 is 1.09 bits per heavy atom. The summed E-state index contributed by atoms with van der Waals surface area (Å²) in [6.45, 7) is 7.34. The molecule has 70 valence electrons. The maximum absolute atomic E-state index is 8.22. The Morgan fingerprint density at radius 3 is 1.18 bits per heavy atom. The second kappa shape index (κ2) is 8.24. The lowest BCUT2D eigenvalue weighted by Gasteiger charge is -1.97. The van der Waals surface area contributed by atoms with Crippen molar-refractivity contribution < 1.29 is 9.59 Å². The van der Waals surface area contributed by atoms with Gasteiger partial charge in [-0.1, -0.05) is 39.5 Å². The van der Waals surface area contributed by atoms with Crippen molar-refractivity contribution in [2.24, 2.45) is 0 Å². The average molecular weight is 178 g/mol. The zero-order chi connectivity index (χ0) is 9.33. The highest BCUT2D eigenvalue weighted by Gasteiger charge is 2.08. The van der Waals surface area contributed by atoms with Gasteiger partial charge in [-0.05, 0) is 13.1 Å². The molecular formula is C8H22O2Si. The topological polar surface area (TPSA) is 40.5 Å². The highest BCUT2D eigenvalue weighted by atomic mass is 28.4. The fraction of sp³-hybridized carbons (Fsp3) is 1.00. The lowest BCUT2D eigenvalue weighted by Crippen LogP contribution is -2.23. The molecule has 0 aromatic rings. The van der Waals surface area contributed by atoms with Crippen LogP contribution in [0.2, 0.25) is 13.1 Å². The standard InChI is InChI=1S/C6H14.C2H8O2Si/c1-3-5-6-4-2;1-5(2,3)4/h3-6H2,1-2H3;3-4H,1-2H3. The fourth-order valence-electron chi connectivity index (χ4n) is 0.500. The molecule has 0 fully saturated rings. The summed E-state index contributed by atoms with van der Waals surface area (Å²) in [5.41, 5.74) is 0. The molecule has 0 amide bonds. The van der Waals surface area contributed by atoms with Crippen LogP contribution >= 0.6 is 0 Å². The van der Waals surface area contributed by atoms with E-state index in [4.69, 9.17) is 9.59 Å². The van der Waals surface area contributed by atoms with Gasteiger partial charge in [0.2, 0.25) is 0 Å². The summed E-state index contributed by atoms with van der Waals surface area (Å²) >= 11 is 0. The summed E-state index contributed by atoms with van der Waals surface area (Å²) in [7, 11) is -2.61. The highest BCUT2D eigenvalue weighted by Crippen LogP contribution is 1.95. The molecule has 2 nitrogen and oxygen atoms in total. The van der Waals surface area contributed by atoms with Crippen LogP contribution in [0, 0.1) is 0 Å². The Bertz CT molecular complexity index is 59.0. The van der Waals surface area contributed by atoms with Gasteiger partial charge in [-0.15, -0.1) is 0 Å². The van der Waals surface area contributed by atoms with Crippen molar-refractivity contribution in [3.05, 3.63) is 0 Å². The van der Waals surface area contributed by atoms with Crippen LogP contribution in [0.25, 0.3) is 0 Å². The predicted octanol–water partition coefficient (Wildman–Crippen LogP) is 2.26. The maximum atomic E-state index is 8.22. The van der Waals surface area contributed by atoms with E-state index in [1.807, 2.05) is 0 Å². The molecule has 3 heteroatoms. The van der Waals surface area contributed by atoms with Crippen molar-refractivity contribution >= 4 is 8.56 Å². The summed E-state index contributed by atoms with van der Waals surface area (Å²) in [6, 6.07) is 0. The molecule has 0 heterocycles. The quantitative estimate of drug-likeness (QED) is 0.514. The molecule has 0 aliphatic heterocycles. The SMILES string of the molecule is CCCCCC.C[Si](C)(O)O. The average Bonchev–Trinajstić information content (AvgIpc) is 1.79. The van der Waals surface area contributed by atoms with Crippen LogP contribution in [0.15, 0.2) is 0 Å². The van der Waals surface area contributed by atoms with Gasteiger partial charge in [0, 0.05) is 0 Å². The molecule has 0 aliphatic carbocycles. The normalized spacial score (nSPS) is 10.4. The molecule has 0 saturated carbocycles.